The minimum atomic E-state index is -3.94. The second-order valence-electron chi connectivity index (χ2n) is 7.53. The summed E-state index contributed by atoms with van der Waals surface area (Å²) in [6.45, 7) is 3.82. The van der Waals surface area contributed by atoms with Crippen molar-refractivity contribution in [1.82, 2.24) is 4.72 Å². The van der Waals surface area contributed by atoms with Crippen molar-refractivity contribution in [3.8, 4) is 5.75 Å². The van der Waals surface area contributed by atoms with Crippen LogP contribution < -0.4 is 14.8 Å². The van der Waals surface area contributed by atoms with Gasteiger partial charge in [-0.3, -0.25) is 4.79 Å². The van der Waals surface area contributed by atoms with Crippen molar-refractivity contribution in [2.75, 3.05) is 12.4 Å². The predicted molar refractivity (Wildman–Crippen MR) is 126 cm³/mol. The fourth-order valence-electron chi connectivity index (χ4n) is 3.36. The Hall–Kier alpha value is -3.16. The molecule has 1 atom stereocenters. The van der Waals surface area contributed by atoms with Crippen LogP contribution in [0.5, 0.6) is 5.75 Å². The van der Waals surface area contributed by atoms with E-state index >= 15 is 0 Å². The van der Waals surface area contributed by atoms with Gasteiger partial charge in [0.15, 0.2) is 0 Å². The largest absolute Gasteiger partial charge is 0.496 e. The summed E-state index contributed by atoms with van der Waals surface area (Å²) in [6, 6.07) is 20.4. The van der Waals surface area contributed by atoms with E-state index in [1.54, 1.807) is 13.0 Å². The molecule has 7 heteroatoms. The zero-order valence-electron chi connectivity index (χ0n) is 18.5. The quantitative estimate of drug-likeness (QED) is 0.512. The van der Waals surface area contributed by atoms with Gasteiger partial charge in [0.25, 0.3) is 0 Å². The molecule has 0 aliphatic heterocycles. The van der Waals surface area contributed by atoms with Gasteiger partial charge in [0.2, 0.25) is 15.9 Å². The number of nitrogens with one attached hydrogen (secondary N) is 2. The summed E-state index contributed by atoms with van der Waals surface area (Å²) in [7, 11) is -2.41. The average Bonchev–Trinajstić information content (AvgIpc) is 2.79. The third kappa shape index (κ3) is 5.96. The maximum Gasteiger partial charge on any atom is 0.242 e. The van der Waals surface area contributed by atoms with Gasteiger partial charge in [-0.2, -0.15) is 4.72 Å². The van der Waals surface area contributed by atoms with E-state index in [0.717, 1.165) is 17.5 Å². The molecule has 0 bridgehead atoms. The molecule has 0 saturated carbocycles. The van der Waals surface area contributed by atoms with Gasteiger partial charge >= 0.3 is 0 Å². The summed E-state index contributed by atoms with van der Waals surface area (Å²) in [5.74, 6) is 0.171. The summed E-state index contributed by atoms with van der Waals surface area (Å²) < 4.78 is 34.0. The molecule has 0 aromatic heterocycles. The smallest absolute Gasteiger partial charge is 0.242 e. The van der Waals surface area contributed by atoms with Crippen molar-refractivity contribution in [2.24, 2.45) is 0 Å². The Bertz CT molecular complexity index is 1160. The third-order valence-electron chi connectivity index (χ3n) is 5.20. The number of carbonyl (C=O) groups excluding carboxylic acids is 1. The first-order valence-corrected chi connectivity index (χ1v) is 11.9. The van der Waals surface area contributed by atoms with Crippen molar-refractivity contribution in [3.63, 3.8) is 0 Å². The number of hydrogen-bond acceptors (Lipinski definition) is 4. The average molecular weight is 453 g/mol. The first kappa shape index (κ1) is 23.5. The van der Waals surface area contributed by atoms with E-state index in [-0.39, 0.29) is 11.3 Å². The number of amides is 1. The summed E-state index contributed by atoms with van der Waals surface area (Å²) >= 11 is 0. The predicted octanol–water partition coefficient (Wildman–Crippen LogP) is 4.09. The molecule has 0 radical (unpaired) electrons. The maximum atomic E-state index is 13.1. The molecule has 0 heterocycles. The monoisotopic (exact) mass is 452 g/mol. The molecule has 0 aliphatic rings. The summed E-state index contributed by atoms with van der Waals surface area (Å²) in [4.78, 5) is 13.2. The molecule has 3 aromatic carbocycles. The standard InChI is InChI=1S/C25H28N2O4S/c1-4-19-10-12-21(13-11-19)26-25(28)23(17-20-8-6-5-7-9-20)27-32(29,30)22-14-15-24(31-3)18(2)16-22/h5-16,23,27H,4,17H2,1-3H3,(H,26,28)/t23-/m1/s1. The third-order valence-corrected chi connectivity index (χ3v) is 6.67. The highest BCUT2D eigenvalue weighted by Gasteiger charge is 2.26. The van der Waals surface area contributed by atoms with E-state index < -0.39 is 22.0 Å². The first-order valence-electron chi connectivity index (χ1n) is 10.4. The van der Waals surface area contributed by atoms with Crippen molar-refractivity contribution in [1.29, 1.82) is 0 Å². The molecule has 0 saturated heterocycles. The molecule has 2 N–H and O–H groups in total. The second-order valence-corrected chi connectivity index (χ2v) is 9.25. The number of anilines is 1. The van der Waals surface area contributed by atoms with E-state index in [2.05, 4.69) is 17.0 Å². The van der Waals surface area contributed by atoms with Crippen LogP contribution in [-0.2, 0) is 27.7 Å². The fourth-order valence-corrected chi connectivity index (χ4v) is 4.64. The van der Waals surface area contributed by atoms with Gasteiger partial charge in [0, 0.05) is 5.69 Å². The van der Waals surface area contributed by atoms with Gasteiger partial charge in [0.05, 0.1) is 12.0 Å². The van der Waals surface area contributed by atoms with Crippen LogP contribution in [0.15, 0.2) is 77.7 Å². The number of aryl methyl sites for hydroxylation is 2. The van der Waals surface area contributed by atoms with Crippen LogP contribution >= 0.6 is 0 Å². The van der Waals surface area contributed by atoms with Gasteiger partial charge in [0.1, 0.15) is 11.8 Å². The SMILES string of the molecule is CCc1ccc(NC(=O)[C@@H](Cc2ccccc2)NS(=O)(=O)c2ccc(OC)c(C)c2)cc1. The minimum absolute atomic E-state index is 0.0777. The number of rotatable bonds is 9. The van der Waals surface area contributed by atoms with Crippen molar-refractivity contribution in [3.05, 3.63) is 89.5 Å². The molecule has 0 spiro atoms. The first-order chi connectivity index (χ1) is 15.3. The van der Waals surface area contributed by atoms with E-state index in [1.807, 2.05) is 54.6 Å². The maximum absolute atomic E-state index is 13.1. The highest BCUT2D eigenvalue weighted by atomic mass is 32.2. The zero-order valence-corrected chi connectivity index (χ0v) is 19.3. The van der Waals surface area contributed by atoms with Gasteiger partial charge in [-0.25, -0.2) is 8.42 Å². The zero-order chi connectivity index (χ0) is 23.1. The lowest BCUT2D eigenvalue weighted by molar-refractivity contribution is -0.117. The fraction of sp³-hybridized carbons (Fsp3) is 0.240. The van der Waals surface area contributed by atoms with E-state index in [1.165, 1.54) is 19.2 Å². The number of hydrogen-bond donors (Lipinski definition) is 2. The molecule has 6 nitrogen and oxygen atoms in total. The molecule has 0 unspecified atom stereocenters. The topological polar surface area (TPSA) is 84.5 Å². The summed E-state index contributed by atoms with van der Waals surface area (Å²) in [5.41, 5.74) is 3.31. The van der Waals surface area contributed by atoms with Crippen LogP contribution in [-0.4, -0.2) is 27.5 Å². The number of sulfonamides is 1. The molecular formula is C25H28N2O4S. The summed E-state index contributed by atoms with van der Waals surface area (Å²) in [6.07, 6.45) is 1.11. The Kier molecular flexibility index (Phi) is 7.66. The lowest BCUT2D eigenvalue weighted by atomic mass is 10.1. The molecule has 32 heavy (non-hydrogen) atoms. The van der Waals surface area contributed by atoms with E-state index in [0.29, 0.717) is 17.0 Å². The lowest BCUT2D eigenvalue weighted by Crippen LogP contribution is -2.45. The van der Waals surface area contributed by atoms with Gasteiger partial charge in [-0.05, 0) is 66.8 Å². The van der Waals surface area contributed by atoms with Gasteiger partial charge < -0.3 is 10.1 Å². The van der Waals surface area contributed by atoms with Crippen LogP contribution in [0, 0.1) is 6.92 Å². The van der Waals surface area contributed by atoms with Crippen molar-refractivity contribution >= 4 is 21.6 Å². The van der Waals surface area contributed by atoms with Crippen molar-refractivity contribution in [2.45, 2.75) is 37.6 Å². The minimum Gasteiger partial charge on any atom is -0.496 e. The molecule has 3 rings (SSSR count). The Morgan fingerprint density at radius 1 is 0.969 bits per heavy atom. The molecule has 3 aromatic rings. The second kappa shape index (κ2) is 10.4. The molecule has 0 aliphatic carbocycles. The van der Waals surface area contributed by atoms with Crippen LogP contribution in [0.1, 0.15) is 23.6 Å². The Labute approximate surface area is 189 Å². The van der Waals surface area contributed by atoms with E-state index in [9.17, 15) is 13.2 Å². The molecular weight excluding hydrogens is 424 g/mol. The number of methoxy groups -OCH3 is 1. The molecule has 1 amide bonds. The van der Waals surface area contributed by atoms with Crippen LogP contribution in [0.4, 0.5) is 5.69 Å². The highest BCUT2D eigenvalue weighted by Crippen LogP contribution is 2.22. The molecule has 0 fully saturated rings. The normalized spacial score (nSPS) is 12.2. The molecule has 168 valence electrons. The summed E-state index contributed by atoms with van der Waals surface area (Å²) in [5, 5.41) is 2.83. The van der Waals surface area contributed by atoms with Crippen LogP contribution in [0.25, 0.3) is 0 Å². The highest BCUT2D eigenvalue weighted by molar-refractivity contribution is 7.89. The van der Waals surface area contributed by atoms with Crippen molar-refractivity contribution < 1.29 is 17.9 Å². The van der Waals surface area contributed by atoms with Crippen LogP contribution in [0.3, 0.4) is 0 Å². The Morgan fingerprint density at radius 3 is 2.25 bits per heavy atom. The van der Waals surface area contributed by atoms with Gasteiger partial charge in [-0.15, -0.1) is 0 Å². The number of carbonyl (C=O) groups is 1. The Morgan fingerprint density at radius 2 is 1.66 bits per heavy atom. The lowest BCUT2D eigenvalue weighted by Gasteiger charge is -2.19. The van der Waals surface area contributed by atoms with Crippen LogP contribution in [0.2, 0.25) is 0 Å². The number of benzene rings is 3. The van der Waals surface area contributed by atoms with E-state index in [4.69, 9.17) is 4.74 Å². The number of ether oxygens (including phenoxy) is 1. The van der Waals surface area contributed by atoms with Gasteiger partial charge in [-0.1, -0.05) is 49.4 Å². The Balaban J connectivity index is 1.86.